The average molecular weight is 311 g/mol. The van der Waals surface area contributed by atoms with Crippen LogP contribution < -0.4 is 11.1 Å². The van der Waals surface area contributed by atoms with Crippen LogP contribution in [0.4, 0.5) is 0 Å². The molecule has 1 aromatic carbocycles. The summed E-state index contributed by atoms with van der Waals surface area (Å²) in [6, 6.07) is 8.76. The highest BCUT2D eigenvalue weighted by Crippen LogP contribution is 2.32. The first-order valence-corrected chi connectivity index (χ1v) is 7.68. The first kappa shape index (κ1) is 18.0. The van der Waals surface area contributed by atoms with Gasteiger partial charge < -0.3 is 11.1 Å². The predicted molar refractivity (Wildman–Crippen MR) is 89.8 cm³/mol. The maximum atomic E-state index is 11.9. The summed E-state index contributed by atoms with van der Waals surface area (Å²) >= 11 is 0. The van der Waals surface area contributed by atoms with E-state index in [1.165, 1.54) is 24.0 Å². The lowest BCUT2D eigenvalue weighted by atomic mass is 10.0. The van der Waals surface area contributed by atoms with Gasteiger partial charge in [-0.15, -0.1) is 12.4 Å². The highest BCUT2D eigenvalue weighted by Gasteiger charge is 2.30. The van der Waals surface area contributed by atoms with Gasteiger partial charge in [-0.2, -0.15) is 0 Å². The fourth-order valence-corrected chi connectivity index (χ4v) is 2.47. The Morgan fingerprint density at radius 2 is 1.90 bits per heavy atom. The number of aryl methyl sites for hydroxylation is 1. The van der Waals surface area contributed by atoms with E-state index in [0.717, 1.165) is 6.42 Å². The third-order valence-corrected chi connectivity index (χ3v) is 4.08. The van der Waals surface area contributed by atoms with E-state index in [2.05, 4.69) is 43.4 Å². The van der Waals surface area contributed by atoms with E-state index < -0.39 is 0 Å². The minimum Gasteiger partial charge on any atom is -0.352 e. The molecule has 2 rings (SSSR count). The van der Waals surface area contributed by atoms with Crippen molar-refractivity contribution in [1.29, 1.82) is 0 Å². The maximum Gasteiger partial charge on any atom is 0.220 e. The molecule has 0 spiro atoms. The van der Waals surface area contributed by atoms with Crippen molar-refractivity contribution in [1.82, 2.24) is 5.32 Å². The quantitative estimate of drug-likeness (QED) is 0.813. The van der Waals surface area contributed by atoms with Crippen LogP contribution in [0.3, 0.4) is 0 Å². The molecule has 0 aliphatic heterocycles. The smallest absolute Gasteiger partial charge is 0.220 e. The lowest BCUT2D eigenvalue weighted by Gasteiger charge is -2.16. The number of benzene rings is 1. The van der Waals surface area contributed by atoms with Crippen LogP contribution in [0.1, 0.15) is 50.2 Å². The van der Waals surface area contributed by atoms with Crippen LogP contribution in [0, 0.1) is 5.92 Å². The van der Waals surface area contributed by atoms with E-state index >= 15 is 0 Å². The summed E-state index contributed by atoms with van der Waals surface area (Å²) in [4.78, 5) is 11.9. The van der Waals surface area contributed by atoms with Crippen molar-refractivity contribution in [2.45, 2.75) is 51.5 Å². The first-order valence-electron chi connectivity index (χ1n) is 7.68. The number of nitrogens with two attached hydrogens (primary N) is 1. The van der Waals surface area contributed by atoms with E-state index in [-0.39, 0.29) is 24.4 Å². The van der Waals surface area contributed by atoms with Gasteiger partial charge in [0, 0.05) is 19.0 Å². The van der Waals surface area contributed by atoms with Crippen LogP contribution in [0.5, 0.6) is 0 Å². The lowest BCUT2D eigenvalue weighted by Crippen LogP contribution is -2.41. The lowest BCUT2D eigenvalue weighted by molar-refractivity contribution is -0.121. The highest BCUT2D eigenvalue weighted by molar-refractivity contribution is 5.85. The Hall–Kier alpha value is -1.06. The topological polar surface area (TPSA) is 55.1 Å². The minimum absolute atomic E-state index is 0. The SMILES string of the molecule is CC(C)c1ccc(CCC(=O)NC(CN)C2CC2)cc1.Cl. The molecule has 1 aliphatic rings. The number of nitrogens with one attached hydrogen (secondary N) is 1. The summed E-state index contributed by atoms with van der Waals surface area (Å²) in [6.45, 7) is 4.93. The molecule has 0 saturated heterocycles. The van der Waals surface area contributed by atoms with Crippen molar-refractivity contribution >= 4 is 18.3 Å². The molecule has 0 radical (unpaired) electrons. The summed E-state index contributed by atoms with van der Waals surface area (Å²) in [7, 11) is 0. The Morgan fingerprint density at radius 3 is 2.38 bits per heavy atom. The number of amides is 1. The molecule has 118 valence electrons. The number of rotatable bonds is 7. The second-order valence-corrected chi connectivity index (χ2v) is 6.14. The van der Waals surface area contributed by atoms with E-state index in [1.54, 1.807) is 0 Å². The highest BCUT2D eigenvalue weighted by atomic mass is 35.5. The molecule has 3 N–H and O–H groups in total. The molecule has 4 heteroatoms. The van der Waals surface area contributed by atoms with Crippen LogP contribution >= 0.6 is 12.4 Å². The van der Waals surface area contributed by atoms with Crippen LogP contribution in [-0.4, -0.2) is 18.5 Å². The molecule has 0 heterocycles. The third kappa shape index (κ3) is 5.68. The molecule has 1 aromatic rings. The number of halogens is 1. The number of hydrogen-bond acceptors (Lipinski definition) is 2. The van der Waals surface area contributed by atoms with E-state index in [1.807, 2.05) is 0 Å². The first-order chi connectivity index (χ1) is 9.60. The molecular weight excluding hydrogens is 284 g/mol. The normalized spacial score (nSPS) is 15.4. The molecule has 1 aliphatic carbocycles. The molecule has 21 heavy (non-hydrogen) atoms. The van der Waals surface area contributed by atoms with Crippen molar-refractivity contribution < 1.29 is 4.79 Å². The molecule has 1 saturated carbocycles. The molecular formula is C17H27ClN2O. The van der Waals surface area contributed by atoms with Gasteiger partial charge in [0.2, 0.25) is 5.91 Å². The predicted octanol–water partition coefficient (Wildman–Crippen LogP) is 3.02. The number of hydrogen-bond donors (Lipinski definition) is 2. The Morgan fingerprint density at radius 1 is 1.29 bits per heavy atom. The molecule has 3 nitrogen and oxygen atoms in total. The van der Waals surface area contributed by atoms with Crippen molar-refractivity contribution in [2.75, 3.05) is 6.54 Å². The van der Waals surface area contributed by atoms with Gasteiger partial charge in [-0.05, 0) is 42.2 Å². The molecule has 1 unspecified atom stereocenters. The van der Waals surface area contributed by atoms with Crippen LogP contribution in [0.15, 0.2) is 24.3 Å². The monoisotopic (exact) mass is 310 g/mol. The van der Waals surface area contributed by atoms with Crippen LogP contribution in [0.2, 0.25) is 0 Å². The van der Waals surface area contributed by atoms with E-state index in [9.17, 15) is 4.79 Å². The largest absolute Gasteiger partial charge is 0.352 e. The van der Waals surface area contributed by atoms with Gasteiger partial charge in [0.1, 0.15) is 0 Å². The summed E-state index contributed by atoms with van der Waals surface area (Å²) in [5.41, 5.74) is 8.26. The summed E-state index contributed by atoms with van der Waals surface area (Å²) in [5.74, 6) is 1.30. The zero-order valence-corrected chi connectivity index (χ0v) is 13.8. The van der Waals surface area contributed by atoms with Crippen molar-refractivity contribution in [2.24, 2.45) is 11.7 Å². The Kier molecular flexibility index (Phi) is 7.20. The zero-order chi connectivity index (χ0) is 14.5. The maximum absolute atomic E-state index is 11.9. The minimum atomic E-state index is 0. The summed E-state index contributed by atoms with van der Waals surface area (Å²) in [6.07, 6.45) is 3.76. The van der Waals surface area contributed by atoms with Gasteiger partial charge in [0.05, 0.1) is 0 Å². The van der Waals surface area contributed by atoms with Gasteiger partial charge in [0.25, 0.3) is 0 Å². The fourth-order valence-electron chi connectivity index (χ4n) is 2.47. The van der Waals surface area contributed by atoms with Crippen LogP contribution in [-0.2, 0) is 11.2 Å². The Bertz CT molecular complexity index is 441. The van der Waals surface area contributed by atoms with E-state index in [0.29, 0.717) is 24.8 Å². The molecule has 1 amide bonds. The van der Waals surface area contributed by atoms with Gasteiger partial charge >= 0.3 is 0 Å². The van der Waals surface area contributed by atoms with Gasteiger partial charge in [0.15, 0.2) is 0 Å². The van der Waals surface area contributed by atoms with Crippen LogP contribution in [0.25, 0.3) is 0 Å². The fraction of sp³-hybridized carbons (Fsp3) is 0.588. The zero-order valence-electron chi connectivity index (χ0n) is 13.0. The Labute approximate surface area is 134 Å². The van der Waals surface area contributed by atoms with E-state index in [4.69, 9.17) is 5.73 Å². The number of carbonyl (C=O) groups excluding carboxylic acids is 1. The van der Waals surface area contributed by atoms with Crippen molar-refractivity contribution in [3.05, 3.63) is 35.4 Å². The van der Waals surface area contributed by atoms with Gasteiger partial charge in [-0.3, -0.25) is 4.79 Å². The molecule has 0 bridgehead atoms. The van der Waals surface area contributed by atoms with Gasteiger partial charge in [-0.25, -0.2) is 0 Å². The second kappa shape index (κ2) is 8.40. The van der Waals surface area contributed by atoms with Crippen molar-refractivity contribution in [3.8, 4) is 0 Å². The summed E-state index contributed by atoms with van der Waals surface area (Å²) in [5, 5.41) is 3.06. The third-order valence-electron chi connectivity index (χ3n) is 4.08. The van der Waals surface area contributed by atoms with Gasteiger partial charge in [-0.1, -0.05) is 38.1 Å². The molecule has 0 aromatic heterocycles. The standard InChI is InChI=1S/C17H26N2O.ClH/c1-12(2)14-6-3-13(4-7-14)5-10-17(20)19-16(11-18)15-8-9-15;/h3-4,6-7,12,15-16H,5,8-11,18H2,1-2H3,(H,19,20);1H. The van der Waals surface area contributed by atoms with Crippen molar-refractivity contribution in [3.63, 3.8) is 0 Å². The molecule has 1 fully saturated rings. The molecule has 1 atom stereocenters. The second-order valence-electron chi connectivity index (χ2n) is 6.14. The summed E-state index contributed by atoms with van der Waals surface area (Å²) < 4.78 is 0. The average Bonchev–Trinajstić information content (AvgIpc) is 3.27. The Balaban J connectivity index is 0.00000220. The number of carbonyl (C=O) groups is 1.